The van der Waals surface area contributed by atoms with Crippen LogP contribution < -0.4 is 10.6 Å². The summed E-state index contributed by atoms with van der Waals surface area (Å²) in [6.45, 7) is 0. The smallest absolute Gasteiger partial charge is 0.327 e. The lowest BCUT2D eigenvalue weighted by Crippen LogP contribution is -2.44. The van der Waals surface area contributed by atoms with E-state index in [1.807, 2.05) is 0 Å². The van der Waals surface area contributed by atoms with Gasteiger partial charge >= 0.3 is 6.03 Å². The van der Waals surface area contributed by atoms with Gasteiger partial charge in [0.2, 0.25) is 5.91 Å². The first-order valence-electron chi connectivity index (χ1n) is 4.01. The lowest BCUT2D eigenvalue weighted by molar-refractivity contribution is -0.115. The average Bonchev–Trinajstić information content (AvgIpc) is 2.17. The summed E-state index contributed by atoms with van der Waals surface area (Å²) < 4.78 is 0. The first-order valence-corrected chi connectivity index (χ1v) is 4.01. The molecule has 2 radical (unpaired) electrons. The molecule has 2 N–H and O–H groups in total. The Labute approximate surface area is 80.5 Å². The van der Waals surface area contributed by atoms with Gasteiger partial charge in [0.15, 0.2) is 0 Å². The van der Waals surface area contributed by atoms with Gasteiger partial charge in [-0.15, -0.1) is 0 Å². The second-order valence-corrected chi connectivity index (χ2v) is 2.82. The molecule has 5 heteroatoms. The Balaban J connectivity index is 2.51. The predicted octanol–water partition coefficient (Wildman–Crippen LogP) is 0.131. The molecule has 2 rings (SSSR count). The summed E-state index contributed by atoms with van der Waals surface area (Å²) in [6, 6.07) is 2.68. The largest absolute Gasteiger partial charge is 0.351 e. The highest BCUT2D eigenvalue weighted by atomic mass is 16.2. The Morgan fingerprint density at radius 1 is 1.64 bits per heavy atom. The van der Waals surface area contributed by atoms with Gasteiger partial charge in [-0.1, -0.05) is 6.07 Å². The summed E-state index contributed by atoms with van der Waals surface area (Å²) in [5, 5.41) is 0. The topological polar surface area (TPSA) is 76.3 Å². The number of primary amides is 1. The molecule has 0 fully saturated rings. The number of carbonyl (C=O) groups is 2. The van der Waals surface area contributed by atoms with E-state index >= 15 is 0 Å². The molecule has 3 amide bonds. The number of nitrogens with zero attached hydrogens (tertiary/aromatic N) is 2. The van der Waals surface area contributed by atoms with Crippen molar-refractivity contribution in [2.45, 2.75) is 6.42 Å². The quantitative estimate of drug-likeness (QED) is 0.630. The number of rotatable bonds is 0. The van der Waals surface area contributed by atoms with Crippen molar-refractivity contribution in [2.75, 3.05) is 4.90 Å². The van der Waals surface area contributed by atoms with Gasteiger partial charge in [-0.25, -0.2) is 14.7 Å². The van der Waals surface area contributed by atoms with E-state index in [9.17, 15) is 9.59 Å². The zero-order valence-electron chi connectivity index (χ0n) is 7.23. The fraction of sp³-hybridized carbons (Fsp3) is 0.111. The summed E-state index contributed by atoms with van der Waals surface area (Å²) in [5.41, 5.74) is 5.83. The Morgan fingerprint density at radius 3 is 3.14 bits per heavy atom. The lowest BCUT2D eigenvalue weighted by atomic mass is 10.1. The molecular formula is C9H7N3O2. The molecule has 0 spiro atoms. The number of urea groups is 1. The highest BCUT2D eigenvalue weighted by Gasteiger charge is 2.29. The van der Waals surface area contributed by atoms with Crippen molar-refractivity contribution in [2.24, 2.45) is 5.73 Å². The molecule has 1 aliphatic rings. The molecule has 0 saturated heterocycles. The fourth-order valence-corrected chi connectivity index (χ4v) is 1.32. The van der Waals surface area contributed by atoms with Crippen LogP contribution in [-0.2, 0) is 11.2 Å². The van der Waals surface area contributed by atoms with Gasteiger partial charge < -0.3 is 5.73 Å². The van der Waals surface area contributed by atoms with Crippen LogP contribution in [-0.4, -0.2) is 16.9 Å². The minimum atomic E-state index is -0.831. The second-order valence-electron chi connectivity index (χ2n) is 2.82. The number of pyridine rings is 1. The van der Waals surface area contributed by atoms with Crippen molar-refractivity contribution in [3.8, 4) is 0 Å². The van der Waals surface area contributed by atoms with E-state index in [2.05, 4.69) is 11.4 Å². The van der Waals surface area contributed by atoms with Crippen molar-refractivity contribution >= 4 is 17.8 Å². The first-order chi connectivity index (χ1) is 6.70. The summed E-state index contributed by atoms with van der Waals surface area (Å²) in [4.78, 5) is 27.0. The fourth-order valence-electron chi connectivity index (χ4n) is 1.32. The molecule has 14 heavy (non-hydrogen) atoms. The summed E-state index contributed by atoms with van der Waals surface area (Å²) in [6.07, 6.45) is 4.39. The number of amides is 3. The van der Waals surface area contributed by atoms with E-state index in [4.69, 9.17) is 5.73 Å². The summed E-state index contributed by atoms with van der Waals surface area (Å²) >= 11 is 0. The maximum absolute atomic E-state index is 11.3. The molecule has 0 atom stereocenters. The number of hydrogen-bond donors (Lipinski definition) is 1. The second kappa shape index (κ2) is 3.10. The van der Waals surface area contributed by atoms with Gasteiger partial charge in [0.05, 0.1) is 6.42 Å². The van der Waals surface area contributed by atoms with Gasteiger partial charge in [0.1, 0.15) is 5.82 Å². The van der Waals surface area contributed by atoms with E-state index in [-0.39, 0.29) is 0 Å². The third-order valence-corrected chi connectivity index (χ3v) is 1.93. The van der Waals surface area contributed by atoms with Gasteiger partial charge in [-0.05, 0) is 18.1 Å². The number of fused-ring (bicyclic) bond motifs is 1. The van der Waals surface area contributed by atoms with E-state index in [1.165, 1.54) is 6.20 Å². The van der Waals surface area contributed by atoms with Crippen molar-refractivity contribution in [3.63, 3.8) is 0 Å². The summed E-state index contributed by atoms with van der Waals surface area (Å²) in [5.74, 6) is -0.229. The third kappa shape index (κ3) is 1.22. The minimum Gasteiger partial charge on any atom is -0.351 e. The zero-order chi connectivity index (χ0) is 10.1. The molecule has 5 nitrogen and oxygen atoms in total. The highest BCUT2D eigenvalue weighted by Crippen LogP contribution is 2.23. The molecule has 1 aliphatic heterocycles. The molecule has 0 aliphatic carbocycles. The van der Waals surface area contributed by atoms with Crippen LogP contribution in [0.2, 0.25) is 0 Å². The molecule has 2 heterocycles. The monoisotopic (exact) mass is 189 g/mol. The number of hydrogen-bond acceptors (Lipinski definition) is 3. The number of carbonyl (C=O) groups excluding carboxylic acids is 2. The van der Waals surface area contributed by atoms with Gasteiger partial charge in [-0.3, -0.25) is 4.79 Å². The van der Waals surface area contributed by atoms with Gasteiger partial charge in [0.25, 0.3) is 0 Å². The molecule has 0 aromatic carbocycles. The van der Waals surface area contributed by atoms with Crippen LogP contribution >= 0.6 is 0 Å². The molecule has 0 saturated carbocycles. The van der Waals surface area contributed by atoms with Crippen molar-refractivity contribution < 1.29 is 9.59 Å². The third-order valence-electron chi connectivity index (χ3n) is 1.93. The van der Waals surface area contributed by atoms with E-state index in [1.54, 1.807) is 12.1 Å². The van der Waals surface area contributed by atoms with Crippen LogP contribution in [0.1, 0.15) is 5.56 Å². The Bertz CT molecular complexity index is 403. The molecule has 70 valence electrons. The lowest BCUT2D eigenvalue weighted by Gasteiger charge is -2.23. The van der Waals surface area contributed by atoms with Crippen LogP contribution in [0.15, 0.2) is 18.3 Å². The average molecular weight is 189 g/mol. The SMILES string of the molecule is NC(=O)N1C(=O)[C]Cc2cccnc21. The molecule has 1 aromatic rings. The van der Waals surface area contributed by atoms with Gasteiger partial charge in [-0.2, -0.15) is 0 Å². The van der Waals surface area contributed by atoms with Crippen LogP contribution in [0.4, 0.5) is 10.6 Å². The maximum atomic E-state index is 11.3. The van der Waals surface area contributed by atoms with Crippen molar-refractivity contribution in [3.05, 3.63) is 30.3 Å². The zero-order valence-corrected chi connectivity index (χ0v) is 7.23. The first kappa shape index (κ1) is 8.68. The van der Waals surface area contributed by atoms with E-state index in [0.29, 0.717) is 12.2 Å². The van der Waals surface area contributed by atoms with Crippen LogP contribution in [0.25, 0.3) is 0 Å². The number of nitrogens with two attached hydrogens (primary N) is 1. The molecule has 0 unspecified atom stereocenters. The normalized spacial score (nSPS) is 15.1. The predicted molar refractivity (Wildman–Crippen MR) is 48.3 cm³/mol. The Morgan fingerprint density at radius 2 is 2.43 bits per heavy atom. The highest BCUT2D eigenvalue weighted by molar-refractivity contribution is 6.17. The Hall–Kier alpha value is -1.91. The number of anilines is 1. The molecule has 1 aromatic heterocycles. The number of imide groups is 1. The van der Waals surface area contributed by atoms with Crippen LogP contribution in [0.3, 0.4) is 0 Å². The standard InChI is InChI=1S/C9H7N3O2/c10-9(14)12-7(13)4-3-6-2-1-5-11-8(6)12/h1-2,5H,3H2,(H2,10,14). The van der Waals surface area contributed by atoms with Crippen molar-refractivity contribution in [1.82, 2.24) is 4.98 Å². The van der Waals surface area contributed by atoms with Crippen LogP contribution in [0, 0.1) is 6.42 Å². The van der Waals surface area contributed by atoms with E-state index in [0.717, 1.165) is 10.5 Å². The molecular weight excluding hydrogens is 182 g/mol. The van der Waals surface area contributed by atoms with E-state index < -0.39 is 11.9 Å². The van der Waals surface area contributed by atoms with Crippen LogP contribution in [0.5, 0.6) is 0 Å². The molecule has 0 bridgehead atoms. The van der Waals surface area contributed by atoms with Gasteiger partial charge in [0, 0.05) is 6.20 Å². The minimum absolute atomic E-state index is 0.309. The number of aromatic nitrogens is 1. The maximum Gasteiger partial charge on any atom is 0.327 e. The summed E-state index contributed by atoms with van der Waals surface area (Å²) in [7, 11) is 0. The van der Waals surface area contributed by atoms with Crippen molar-refractivity contribution in [1.29, 1.82) is 0 Å². The Kier molecular flexibility index (Phi) is 1.92.